The highest BCUT2D eigenvalue weighted by Gasteiger charge is 2.37. The number of pyridine rings is 2. The Kier molecular flexibility index (Phi) is 4.04. The van der Waals surface area contributed by atoms with Crippen LogP contribution in [0.1, 0.15) is 39.2 Å². The maximum Gasteiger partial charge on any atom is 0.258 e. The molecule has 1 amide bonds. The molecule has 5 aromatic heterocycles. The van der Waals surface area contributed by atoms with E-state index in [1.165, 1.54) is 0 Å². The summed E-state index contributed by atoms with van der Waals surface area (Å²) >= 11 is 0. The lowest BCUT2D eigenvalue weighted by molar-refractivity contribution is 0.0689. The number of nitrogens with one attached hydrogen (secondary N) is 1. The lowest BCUT2D eigenvalue weighted by Crippen LogP contribution is -2.41. The zero-order chi connectivity index (χ0) is 21.8. The van der Waals surface area contributed by atoms with Crippen molar-refractivity contribution in [1.29, 1.82) is 0 Å². The molecule has 6 rings (SSSR count). The van der Waals surface area contributed by atoms with E-state index >= 15 is 0 Å². The average Bonchev–Trinajstić information content (AvgIpc) is 3.55. The Morgan fingerprint density at radius 1 is 1.25 bits per heavy atom. The summed E-state index contributed by atoms with van der Waals surface area (Å²) in [6.07, 6.45) is 5.77. The predicted molar refractivity (Wildman–Crippen MR) is 117 cm³/mol. The molecule has 9 nitrogen and oxygen atoms in total. The van der Waals surface area contributed by atoms with Gasteiger partial charge in [-0.15, -0.1) is 0 Å². The highest BCUT2D eigenvalue weighted by atomic mass is 16.5. The van der Waals surface area contributed by atoms with Crippen molar-refractivity contribution in [2.75, 3.05) is 13.7 Å². The Bertz CT molecular complexity index is 1480. The van der Waals surface area contributed by atoms with Crippen LogP contribution in [0, 0.1) is 6.92 Å². The number of fused-ring (bicyclic) bond motifs is 3. The number of aromatic amines is 1. The predicted octanol–water partition coefficient (Wildman–Crippen LogP) is 2.81. The van der Waals surface area contributed by atoms with E-state index in [1.807, 2.05) is 52.7 Å². The van der Waals surface area contributed by atoms with Crippen LogP contribution in [-0.4, -0.2) is 53.7 Å². The van der Waals surface area contributed by atoms with Crippen molar-refractivity contribution in [2.45, 2.75) is 19.4 Å². The Labute approximate surface area is 183 Å². The second-order valence-electron chi connectivity index (χ2n) is 7.95. The molecule has 1 atom stereocenters. The largest absolute Gasteiger partial charge is 0.495 e. The van der Waals surface area contributed by atoms with Gasteiger partial charge in [0.1, 0.15) is 11.8 Å². The molecule has 0 aromatic carbocycles. The molecular weight excluding hydrogens is 406 g/mol. The summed E-state index contributed by atoms with van der Waals surface area (Å²) in [5, 5.41) is 9.21. The molecule has 0 radical (unpaired) electrons. The van der Waals surface area contributed by atoms with E-state index in [0.717, 1.165) is 33.8 Å². The average molecular weight is 427 g/mol. The van der Waals surface area contributed by atoms with Gasteiger partial charge in [0, 0.05) is 24.4 Å². The zero-order valence-electron chi connectivity index (χ0n) is 17.7. The topological polar surface area (TPSA) is 92.8 Å². The molecule has 1 aliphatic heterocycles. The first kappa shape index (κ1) is 18.6. The molecule has 0 fully saturated rings. The molecule has 32 heavy (non-hydrogen) atoms. The number of methoxy groups -OCH3 is 1. The van der Waals surface area contributed by atoms with Gasteiger partial charge in [0.15, 0.2) is 0 Å². The third-order valence-corrected chi connectivity index (χ3v) is 6.12. The summed E-state index contributed by atoms with van der Waals surface area (Å²) in [6.45, 7) is 2.57. The number of nitrogens with zero attached hydrogens (tertiary/aromatic N) is 6. The molecule has 0 bridgehead atoms. The monoisotopic (exact) mass is 427 g/mol. The molecule has 0 saturated heterocycles. The molecule has 0 spiro atoms. The third kappa shape index (κ3) is 2.71. The summed E-state index contributed by atoms with van der Waals surface area (Å²) in [4.78, 5) is 23.4. The van der Waals surface area contributed by atoms with Gasteiger partial charge in [-0.2, -0.15) is 10.2 Å². The second kappa shape index (κ2) is 6.94. The smallest absolute Gasteiger partial charge is 0.258 e. The molecular formula is C23H21N7O2. The van der Waals surface area contributed by atoms with E-state index in [2.05, 4.69) is 15.1 Å². The van der Waals surface area contributed by atoms with Crippen molar-refractivity contribution >= 4 is 16.9 Å². The van der Waals surface area contributed by atoms with Crippen LogP contribution in [0.5, 0.6) is 5.75 Å². The van der Waals surface area contributed by atoms with Gasteiger partial charge < -0.3 is 14.6 Å². The van der Waals surface area contributed by atoms with Crippen LogP contribution in [0.25, 0.3) is 11.0 Å². The summed E-state index contributed by atoms with van der Waals surface area (Å²) in [5.74, 6) is 0.578. The van der Waals surface area contributed by atoms with Gasteiger partial charge in [0.2, 0.25) is 0 Å². The van der Waals surface area contributed by atoms with E-state index in [0.29, 0.717) is 24.3 Å². The second-order valence-corrected chi connectivity index (χ2v) is 7.95. The first-order chi connectivity index (χ1) is 15.6. The van der Waals surface area contributed by atoms with Gasteiger partial charge in [-0.25, -0.2) is 14.0 Å². The molecule has 9 heteroatoms. The SMILES string of the molecule is COc1ccc2c(C(=O)N3CCc4[nH]cnc4[C@@H]3c3cc4cccc(C)n4n3)cnn2c1. The number of H-pyrrole nitrogens is 1. The van der Waals surface area contributed by atoms with Crippen LogP contribution < -0.4 is 4.74 Å². The number of hydrogen-bond donors (Lipinski definition) is 1. The van der Waals surface area contributed by atoms with Crippen LogP contribution in [-0.2, 0) is 6.42 Å². The van der Waals surface area contributed by atoms with E-state index in [-0.39, 0.29) is 11.9 Å². The van der Waals surface area contributed by atoms with Crippen LogP contribution in [0.3, 0.4) is 0 Å². The van der Waals surface area contributed by atoms with Gasteiger partial charge in [-0.3, -0.25) is 4.79 Å². The standard InChI is InChI=1S/C23H21N7O2/c1-14-4-3-5-15-10-19(27-30(14)15)22-21-18(24-13-25-21)8-9-28(22)23(31)17-11-26-29-12-16(32-2)6-7-20(17)29/h3-7,10-13,22H,8-9H2,1-2H3,(H,24,25)/t22-/m0/s1. The summed E-state index contributed by atoms with van der Waals surface area (Å²) in [6, 6.07) is 11.4. The van der Waals surface area contributed by atoms with Crippen molar-refractivity contribution in [3.05, 3.63) is 83.5 Å². The Balaban J connectivity index is 1.47. The van der Waals surface area contributed by atoms with Crippen molar-refractivity contribution < 1.29 is 9.53 Å². The Morgan fingerprint density at radius 2 is 2.16 bits per heavy atom. The van der Waals surface area contributed by atoms with Crippen molar-refractivity contribution in [1.82, 2.24) is 34.1 Å². The molecule has 6 heterocycles. The van der Waals surface area contributed by atoms with Crippen LogP contribution in [0.15, 0.2) is 55.1 Å². The number of carbonyl (C=O) groups is 1. The molecule has 0 unspecified atom stereocenters. The van der Waals surface area contributed by atoms with E-state index in [9.17, 15) is 4.79 Å². The number of aromatic nitrogens is 6. The van der Waals surface area contributed by atoms with Gasteiger partial charge in [0.05, 0.1) is 53.8 Å². The van der Waals surface area contributed by atoms with Gasteiger partial charge >= 0.3 is 0 Å². The van der Waals surface area contributed by atoms with Gasteiger partial charge in [-0.1, -0.05) is 6.07 Å². The number of hydrogen-bond acceptors (Lipinski definition) is 5. The van der Waals surface area contributed by atoms with Crippen molar-refractivity contribution in [3.63, 3.8) is 0 Å². The number of amides is 1. The minimum atomic E-state index is -0.384. The van der Waals surface area contributed by atoms with E-state index in [4.69, 9.17) is 9.84 Å². The molecule has 5 aromatic rings. The number of ether oxygens (including phenoxy) is 1. The molecule has 0 aliphatic carbocycles. The quantitative estimate of drug-likeness (QED) is 0.478. The molecule has 1 aliphatic rings. The van der Waals surface area contributed by atoms with E-state index < -0.39 is 0 Å². The lowest BCUT2D eigenvalue weighted by atomic mass is 9.98. The Morgan fingerprint density at radius 3 is 3.00 bits per heavy atom. The fourth-order valence-electron chi connectivity index (χ4n) is 4.51. The van der Waals surface area contributed by atoms with Crippen LogP contribution >= 0.6 is 0 Å². The third-order valence-electron chi connectivity index (χ3n) is 6.12. The minimum Gasteiger partial charge on any atom is -0.495 e. The van der Waals surface area contributed by atoms with E-state index in [1.54, 1.807) is 30.3 Å². The number of aryl methyl sites for hydroxylation is 1. The van der Waals surface area contributed by atoms with Crippen LogP contribution in [0.4, 0.5) is 0 Å². The van der Waals surface area contributed by atoms with Crippen LogP contribution in [0.2, 0.25) is 0 Å². The highest BCUT2D eigenvalue weighted by molar-refractivity contribution is 6.01. The fourth-order valence-corrected chi connectivity index (χ4v) is 4.51. The number of carbonyl (C=O) groups excluding carboxylic acids is 1. The maximum atomic E-state index is 13.8. The number of imidazole rings is 1. The zero-order valence-corrected chi connectivity index (χ0v) is 17.7. The maximum absolute atomic E-state index is 13.8. The van der Waals surface area contributed by atoms with Gasteiger partial charge in [-0.05, 0) is 37.3 Å². The Hall–Kier alpha value is -4.14. The molecule has 160 valence electrons. The highest BCUT2D eigenvalue weighted by Crippen LogP contribution is 2.35. The van der Waals surface area contributed by atoms with Crippen molar-refractivity contribution in [3.8, 4) is 5.75 Å². The minimum absolute atomic E-state index is 0.0994. The lowest BCUT2D eigenvalue weighted by Gasteiger charge is -2.33. The fraction of sp³-hybridized carbons (Fsp3) is 0.217. The summed E-state index contributed by atoms with van der Waals surface area (Å²) < 4.78 is 8.84. The molecule has 1 N–H and O–H groups in total. The first-order valence-electron chi connectivity index (χ1n) is 10.4. The van der Waals surface area contributed by atoms with Gasteiger partial charge in [0.25, 0.3) is 5.91 Å². The summed E-state index contributed by atoms with van der Waals surface area (Å²) in [5.41, 5.74) is 5.95. The first-order valence-corrected chi connectivity index (χ1v) is 10.4. The number of rotatable bonds is 3. The normalized spacial score (nSPS) is 15.9. The van der Waals surface area contributed by atoms with Crippen molar-refractivity contribution in [2.24, 2.45) is 0 Å². The summed E-state index contributed by atoms with van der Waals surface area (Å²) in [7, 11) is 1.60. The molecule has 0 saturated carbocycles.